The first-order valence-electron chi connectivity index (χ1n) is 6.01. The lowest BCUT2D eigenvalue weighted by molar-refractivity contribution is -0.132. The molecule has 102 valence electrons. The first-order valence-corrected chi connectivity index (χ1v) is 6.01. The van der Waals surface area contributed by atoms with E-state index in [-0.39, 0.29) is 17.6 Å². The third kappa shape index (κ3) is 3.18. The van der Waals surface area contributed by atoms with Crippen molar-refractivity contribution in [1.29, 1.82) is 0 Å². The molecule has 1 fully saturated rings. The lowest BCUT2D eigenvalue weighted by Crippen LogP contribution is -2.43. The van der Waals surface area contributed by atoms with E-state index in [9.17, 15) is 9.59 Å². The molecule has 0 saturated carbocycles. The Labute approximate surface area is 111 Å². The first kappa shape index (κ1) is 13.3. The quantitative estimate of drug-likeness (QED) is 0.790. The maximum Gasteiger partial charge on any atom is 0.358 e. The van der Waals surface area contributed by atoms with Gasteiger partial charge < -0.3 is 15.0 Å². The van der Waals surface area contributed by atoms with Gasteiger partial charge in [-0.15, -0.1) is 0 Å². The van der Waals surface area contributed by atoms with Crippen molar-refractivity contribution in [2.75, 3.05) is 26.0 Å². The van der Waals surface area contributed by atoms with Gasteiger partial charge in [0.15, 0.2) is 5.69 Å². The SMILES string of the molecule is COC(=O)c1cncc(NC2CCC(=O)N(C)C2)n1. The number of rotatable bonds is 3. The molecule has 1 aliphatic rings. The van der Waals surface area contributed by atoms with E-state index in [1.165, 1.54) is 13.3 Å². The molecule has 1 amide bonds. The van der Waals surface area contributed by atoms with Crippen LogP contribution in [0.5, 0.6) is 0 Å². The standard InChI is InChI=1S/C12H16N4O3/c1-16-7-8(3-4-11(16)17)14-10-6-13-5-9(15-10)12(18)19-2/h5-6,8H,3-4,7H2,1-2H3,(H,14,15). The number of likely N-dealkylation sites (tertiary alicyclic amines) is 1. The van der Waals surface area contributed by atoms with Crippen LogP contribution in [0, 0.1) is 0 Å². The topological polar surface area (TPSA) is 84.4 Å². The number of piperidine rings is 1. The van der Waals surface area contributed by atoms with Gasteiger partial charge in [-0.2, -0.15) is 0 Å². The van der Waals surface area contributed by atoms with E-state index < -0.39 is 5.97 Å². The fourth-order valence-corrected chi connectivity index (χ4v) is 1.98. The van der Waals surface area contributed by atoms with Crippen LogP contribution in [0.3, 0.4) is 0 Å². The van der Waals surface area contributed by atoms with E-state index in [0.717, 1.165) is 6.42 Å². The van der Waals surface area contributed by atoms with Crippen LogP contribution in [-0.4, -0.2) is 53.5 Å². The van der Waals surface area contributed by atoms with Crippen molar-refractivity contribution in [1.82, 2.24) is 14.9 Å². The highest BCUT2D eigenvalue weighted by Crippen LogP contribution is 2.14. The van der Waals surface area contributed by atoms with Crippen molar-refractivity contribution in [3.05, 3.63) is 18.1 Å². The summed E-state index contributed by atoms with van der Waals surface area (Å²) in [6.07, 6.45) is 4.15. The summed E-state index contributed by atoms with van der Waals surface area (Å²) in [5.74, 6) is 0.134. The zero-order valence-corrected chi connectivity index (χ0v) is 10.9. The highest BCUT2D eigenvalue weighted by atomic mass is 16.5. The number of esters is 1. The Morgan fingerprint density at radius 3 is 3.00 bits per heavy atom. The summed E-state index contributed by atoms with van der Waals surface area (Å²) in [6, 6.07) is 0.116. The molecule has 0 aromatic carbocycles. The van der Waals surface area contributed by atoms with E-state index in [2.05, 4.69) is 20.0 Å². The molecule has 1 atom stereocenters. The number of anilines is 1. The zero-order valence-electron chi connectivity index (χ0n) is 10.9. The number of hydrogen-bond donors (Lipinski definition) is 1. The molecule has 1 unspecified atom stereocenters. The normalized spacial score (nSPS) is 19.2. The number of carbonyl (C=O) groups is 2. The number of likely N-dealkylation sites (N-methyl/N-ethyl adjacent to an activating group) is 1. The minimum absolute atomic E-state index is 0.116. The molecule has 1 N–H and O–H groups in total. The smallest absolute Gasteiger partial charge is 0.358 e. The molecular weight excluding hydrogens is 248 g/mol. The molecule has 19 heavy (non-hydrogen) atoms. The summed E-state index contributed by atoms with van der Waals surface area (Å²) in [6.45, 7) is 0.614. The average molecular weight is 264 g/mol. The summed E-state index contributed by atoms with van der Waals surface area (Å²) in [5.41, 5.74) is 0.160. The Hall–Kier alpha value is -2.18. The van der Waals surface area contributed by atoms with Gasteiger partial charge in [0.05, 0.1) is 19.5 Å². The number of amides is 1. The van der Waals surface area contributed by atoms with E-state index in [0.29, 0.717) is 18.8 Å². The van der Waals surface area contributed by atoms with E-state index in [1.807, 2.05) is 0 Å². The Morgan fingerprint density at radius 1 is 1.53 bits per heavy atom. The maximum absolute atomic E-state index is 11.4. The molecule has 0 bridgehead atoms. The summed E-state index contributed by atoms with van der Waals surface area (Å²) >= 11 is 0. The molecule has 1 saturated heterocycles. The molecule has 1 aliphatic heterocycles. The predicted octanol–water partition coefficient (Wildman–Crippen LogP) is 0.296. The number of ether oxygens (including phenoxy) is 1. The van der Waals surface area contributed by atoms with E-state index >= 15 is 0 Å². The number of nitrogens with zero attached hydrogens (tertiary/aromatic N) is 3. The van der Waals surface area contributed by atoms with Crippen LogP contribution >= 0.6 is 0 Å². The van der Waals surface area contributed by atoms with Crippen LogP contribution in [0.1, 0.15) is 23.3 Å². The average Bonchev–Trinajstić information content (AvgIpc) is 2.42. The van der Waals surface area contributed by atoms with Crippen molar-refractivity contribution in [3.8, 4) is 0 Å². The second-order valence-electron chi connectivity index (χ2n) is 4.44. The van der Waals surface area contributed by atoms with Gasteiger partial charge in [0.2, 0.25) is 5.91 Å². The monoisotopic (exact) mass is 264 g/mol. The Kier molecular flexibility index (Phi) is 3.94. The molecule has 0 spiro atoms. The van der Waals surface area contributed by atoms with Crippen LogP contribution in [0.15, 0.2) is 12.4 Å². The van der Waals surface area contributed by atoms with Crippen LogP contribution in [0.2, 0.25) is 0 Å². The fraction of sp³-hybridized carbons (Fsp3) is 0.500. The van der Waals surface area contributed by atoms with Gasteiger partial charge in [-0.05, 0) is 6.42 Å². The number of hydrogen-bond acceptors (Lipinski definition) is 6. The zero-order chi connectivity index (χ0) is 13.8. The van der Waals surface area contributed by atoms with E-state index in [4.69, 9.17) is 0 Å². The Morgan fingerprint density at radius 2 is 2.32 bits per heavy atom. The lowest BCUT2D eigenvalue weighted by Gasteiger charge is -2.30. The number of aromatic nitrogens is 2. The van der Waals surface area contributed by atoms with Crippen molar-refractivity contribution >= 4 is 17.7 Å². The summed E-state index contributed by atoms with van der Waals surface area (Å²) in [4.78, 5) is 32.5. The summed E-state index contributed by atoms with van der Waals surface area (Å²) < 4.78 is 4.59. The van der Waals surface area contributed by atoms with Crippen LogP contribution in [0.4, 0.5) is 5.82 Å². The third-order valence-corrected chi connectivity index (χ3v) is 3.01. The molecular formula is C12H16N4O3. The van der Waals surface area contributed by atoms with Gasteiger partial charge in [0.1, 0.15) is 5.82 Å². The third-order valence-electron chi connectivity index (χ3n) is 3.01. The van der Waals surface area contributed by atoms with Crippen molar-refractivity contribution < 1.29 is 14.3 Å². The number of carbonyl (C=O) groups excluding carboxylic acids is 2. The van der Waals surface area contributed by atoms with Crippen molar-refractivity contribution in [2.45, 2.75) is 18.9 Å². The van der Waals surface area contributed by atoms with Crippen LogP contribution in [0.25, 0.3) is 0 Å². The van der Waals surface area contributed by atoms with Gasteiger partial charge in [-0.3, -0.25) is 9.78 Å². The molecule has 0 aliphatic carbocycles. The predicted molar refractivity (Wildman–Crippen MR) is 67.7 cm³/mol. The van der Waals surface area contributed by atoms with Crippen molar-refractivity contribution in [2.24, 2.45) is 0 Å². The highest BCUT2D eigenvalue weighted by Gasteiger charge is 2.23. The highest BCUT2D eigenvalue weighted by molar-refractivity contribution is 5.87. The first-order chi connectivity index (χ1) is 9.10. The summed E-state index contributed by atoms with van der Waals surface area (Å²) in [5, 5.41) is 3.18. The summed E-state index contributed by atoms with van der Waals surface area (Å²) in [7, 11) is 3.07. The van der Waals surface area contributed by atoms with Crippen LogP contribution < -0.4 is 5.32 Å². The Bertz CT molecular complexity index is 492. The fourth-order valence-electron chi connectivity index (χ4n) is 1.98. The van der Waals surface area contributed by atoms with Gasteiger partial charge >= 0.3 is 5.97 Å². The number of nitrogens with one attached hydrogen (secondary N) is 1. The van der Waals surface area contributed by atoms with Gasteiger partial charge in [-0.1, -0.05) is 0 Å². The second-order valence-corrected chi connectivity index (χ2v) is 4.44. The van der Waals surface area contributed by atoms with E-state index in [1.54, 1.807) is 18.1 Å². The lowest BCUT2D eigenvalue weighted by atomic mass is 10.1. The minimum atomic E-state index is -0.521. The van der Waals surface area contributed by atoms with Gasteiger partial charge in [0.25, 0.3) is 0 Å². The van der Waals surface area contributed by atoms with Crippen LogP contribution in [-0.2, 0) is 9.53 Å². The molecule has 0 radical (unpaired) electrons. The molecule has 2 rings (SSSR count). The largest absolute Gasteiger partial charge is 0.464 e. The number of methoxy groups -OCH3 is 1. The van der Waals surface area contributed by atoms with Crippen molar-refractivity contribution in [3.63, 3.8) is 0 Å². The van der Waals surface area contributed by atoms with Gasteiger partial charge in [-0.25, -0.2) is 9.78 Å². The molecule has 7 nitrogen and oxygen atoms in total. The molecule has 1 aromatic rings. The molecule has 2 heterocycles. The van der Waals surface area contributed by atoms with Gasteiger partial charge in [0, 0.05) is 26.1 Å². The molecule has 7 heteroatoms. The molecule has 1 aromatic heterocycles. The maximum atomic E-state index is 11.4. The Balaban J connectivity index is 2.03. The second kappa shape index (κ2) is 5.64. The minimum Gasteiger partial charge on any atom is -0.464 e.